The van der Waals surface area contributed by atoms with E-state index in [1.54, 1.807) is 0 Å². The van der Waals surface area contributed by atoms with E-state index in [4.69, 9.17) is 11.6 Å². The molecule has 1 N–H and O–H groups in total. The van der Waals surface area contributed by atoms with Crippen LogP contribution in [0.25, 0.3) is 0 Å². The maximum Gasteiger partial charge on any atom is 0.120 e. The number of nitrogens with one attached hydrogen (secondary N) is 1. The van der Waals surface area contributed by atoms with Gasteiger partial charge in [0.25, 0.3) is 0 Å². The third kappa shape index (κ3) is 2.29. The van der Waals surface area contributed by atoms with Gasteiger partial charge in [-0.1, -0.05) is 18.1 Å². The molecule has 2 aliphatic rings. The molecule has 1 heterocycles. The maximum atomic E-state index is 13.1. The van der Waals surface area contributed by atoms with Crippen LogP contribution in [0.1, 0.15) is 32.1 Å². The summed E-state index contributed by atoms with van der Waals surface area (Å²) in [5.41, 5.74) is 1.33. The summed E-state index contributed by atoms with van der Waals surface area (Å²) in [6.45, 7) is 1.09. The number of piperidine rings is 1. The van der Waals surface area contributed by atoms with Gasteiger partial charge in [0.15, 0.2) is 0 Å². The Morgan fingerprint density at radius 2 is 2.21 bits per heavy atom. The first-order chi connectivity index (χ1) is 6.77. The van der Waals surface area contributed by atoms with Gasteiger partial charge in [0.2, 0.25) is 0 Å². The third-order valence-corrected chi connectivity index (χ3v) is 3.58. The van der Waals surface area contributed by atoms with Crippen LogP contribution in [0.15, 0.2) is 11.6 Å². The average Bonchev–Trinajstić information content (AvgIpc) is 2.23. The van der Waals surface area contributed by atoms with Crippen LogP contribution in [-0.2, 0) is 0 Å². The zero-order valence-corrected chi connectivity index (χ0v) is 9.06. The Morgan fingerprint density at radius 3 is 2.86 bits per heavy atom. The Labute approximate surface area is 89.7 Å². The van der Waals surface area contributed by atoms with Crippen molar-refractivity contribution in [3.8, 4) is 0 Å². The minimum Gasteiger partial charge on any atom is -0.310 e. The molecule has 0 saturated carbocycles. The molecule has 0 aromatic rings. The van der Waals surface area contributed by atoms with Gasteiger partial charge in [-0.3, -0.25) is 0 Å². The zero-order valence-electron chi connectivity index (χ0n) is 8.31. The van der Waals surface area contributed by atoms with Gasteiger partial charge in [-0.25, -0.2) is 4.39 Å². The Balaban J connectivity index is 1.99. The van der Waals surface area contributed by atoms with Crippen molar-refractivity contribution in [2.45, 2.75) is 49.7 Å². The summed E-state index contributed by atoms with van der Waals surface area (Å²) < 4.78 is 13.1. The van der Waals surface area contributed by atoms with Gasteiger partial charge in [-0.05, 0) is 32.2 Å². The van der Waals surface area contributed by atoms with Crippen molar-refractivity contribution >= 4 is 11.6 Å². The molecule has 1 saturated heterocycles. The summed E-state index contributed by atoms with van der Waals surface area (Å²) in [7, 11) is 0. The Hall–Kier alpha value is -0.0800. The highest BCUT2D eigenvalue weighted by molar-refractivity contribution is 6.22. The Kier molecular flexibility index (Phi) is 3.45. The van der Waals surface area contributed by atoms with Gasteiger partial charge in [0.1, 0.15) is 6.17 Å². The molecule has 2 rings (SSSR count). The van der Waals surface area contributed by atoms with Gasteiger partial charge < -0.3 is 5.32 Å². The van der Waals surface area contributed by atoms with E-state index in [2.05, 4.69) is 5.32 Å². The average molecular weight is 218 g/mol. The molecule has 0 aromatic carbocycles. The third-order valence-electron chi connectivity index (χ3n) is 3.19. The highest BCUT2D eigenvalue weighted by atomic mass is 35.5. The lowest BCUT2D eigenvalue weighted by molar-refractivity contribution is 0.302. The van der Waals surface area contributed by atoms with Crippen LogP contribution in [0.4, 0.5) is 4.39 Å². The molecule has 0 bridgehead atoms. The minimum absolute atomic E-state index is 0.400. The maximum absolute atomic E-state index is 13.1. The lowest BCUT2D eigenvalue weighted by atomic mass is 9.88. The zero-order chi connectivity index (χ0) is 9.97. The molecule has 1 aliphatic carbocycles. The van der Waals surface area contributed by atoms with E-state index in [1.807, 2.05) is 6.08 Å². The molecular weight excluding hydrogens is 201 g/mol. The highest BCUT2D eigenvalue weighted by Gasteiger charge is 2.26. The van der Waals surface area contributed by atoms with E-state index in [1.165, 1.54) is 24.8 Å². The summed E-state index contributed by atoms with van der Waals surface area (Å²) in [6.07, 6.45) is 6.29. The number of allylic oxidation sites excluding steroid dienone is 1. The predicted octanol–water partition coefficient (Wildman–Crippen LogP) is 2.79. The van der Waals surface area contributed by atoms with Crippen LogP contribution in [0.5, 0.6) is 0 Å². The summed E-state index contributed by atoms with van der Waals surface area (Å²) in [5, 5.41) is 3.07. The lowest BCUT2D eigenvalue weighted by Gasteiger charge is -2.30. The first-order valence-corrected chi connectivity index (χ1v) is 5.93. The van der Waals surface area contributed by atoms with E-state index in [9.17, 15) is 4.39 Å². The van der Waals surface area contributed by atoms with E-state index in [0.717, 1.165) is 13.0 Å². The second kappa shape index (κ2) is 4.63. The molecule has 1 nitrogen and oxygen atoms in total. The van der Waals surface area contributed by atoms with E-state index < -0.39 is 11.5 Å². The van der Waals surface area contributed by atoms with Gasteiger partial charge >= 0.3 is 0 Å². The van der Waals surface area contributed by atoms with E-state index in [-0.39, 0.29) is 0 Å². The van der Waals surface area contributed by atoms with Crippen molar-refractivity contribution in [1.29, 1.82) is 0 Å². The Bertz CT molecular complexity index is 223. The van der Waals surface area contributed by atoms with Crippen molar-refractivity contribution in [2.75, 3.05) is 6.54 Å². The normalized spacial score (nSPS) is 39.3. The molecular formula is C11H17ClFN. The van der Waals surface area contributed by atoms with Crippen molar-refractivity contribution in [3.63, 3.8) is 0 Å². The van der Waals surface area contributed by atoms with Crippen LogP contribution in [0.3, 0.4) is 0 Å². The van der Waals surface area contributed by atoms with Crippen LogP contribution in [-0.4, -0.2) is 24.1 Å². The molecule has 3 unspecified atom stereocenters. The fourth-order valence-electron chi connectivity index (χ4n) is 2.31. The van der Waals surface area contributed by atoms with Crippen molar-refractivity contribution in [3.05, 3.63) is 11.6 Å². The monoisotopic (exact) mass is 217 g/mol. The quantitative estimate of drug-likeness (QED) is 0.526. The molecule has 0 spiro atoms. The Morgan fingerprint density at radius 1 is 1.36 bits per heavy atom. The minimum atomic E-state index is -0.844. The number of alkyl halides is 2. The predicted molar refractivity (Wildman–Crippen MR) is 57.5 cm³/mol. The molecule has 3 atom stereocenters. The number of hydrogen-bond acceptors (Lipinski definition) is 1. The summed E-state index contributed by atoms with van der Waals surface area (Å²) in [6, 6.07) is 0.470. The van der Waals surface area contributed by atoms with Crippen molar-refractivity contribution in [2.24, 2.45) is 0 Å². The smallest absolute Gasteiger partial charge is 0.120 e. The fourth-order valence-corrected chi connectivity index (χ4v) is 2.60. The van der Waals surface area contributed by atoms with Crippen LogP contribution >= 0.6 is 11.6 Å². The van der Waals surface area contributed by atoms with Crippen molar-refractivity contribution in [1.82, 2.24) is 5.32 Å². The SMILES string of the molecule is FC1CCC(C2CCCCN2)=CC1Cl. The van der Waals surface area contributed by atoms with Crippen molar-refractivity contribution < 1.29 is 4.39 Å². The molecule has 80 valence electrons. The van der Waals surface area contributed by atoms with Crippen LogP contribution in [0.2, 0.25) is 0 Å². The molecule has 0 radical (unpaired) electrons. The topological polar surface area (TPSA) is 12.0 Å². The molecule has 0 amide bonds. The van der Waals surface area contributed by atoms with Gasteiger partial charge in [-0.2, -0.15) is 0 Å². The first kappa shape index (κ1) is 10.4. The van der Waals surface area contributed by atoms with Gasteiger partial charge in [0, 0.05) is 6.04 Å². The second-order valence-corrected chi connectivity index (χ2v) is 4.75. The first-order valence-electron chi connectivity index (χ1n) is 5.49. The van der Waals surface area contributed by atoms with E-state index >= 15 is 0 Å². The summed E-state index contributed by atoms with van der Waals surface area (Å²) in [5.74, 6) is 0. The second-order valence-electron chi connectivity index (χ2n) is 4.24. The van der Waals surface area contributed by atoms with Gasteiger partial charge in [-0.15, -0.1) is 11.6 Å². The number of hydrogen-bond donors (Lipinski definition) is 1. The number of halogens is 2. The molecule has 0 aromatic heterocycles. The summed E-state index contributed by atoms with van der Waals surface area (Å²) in [4.78, 5) is 0. The number of rotatable bonds is 1. The molecule has 1 fully saturated rings. The molecule has 1 aliphatic heterocycles. The lowest BCUT2D eigenvalue weighted by Crippen LogP contribution is -2.37. The highest BCUT2D eigenvalue weighted by Crippen LogP contribution is 2.29. The fraction of sp³-hybridized carbons (Fsp3) is 0.818. The van der Waals surface area contributed by atoms with E-state index in [0.29, 0.717) is 12.5 Å². The molecule has 3 heteroatoms. The van der Waals surface area contributed by atoms with Crippen LogP contribution in [0, 0.1) is 0 Å². The largest absolute Gasteiger partial charge is 0.310 e. The molecule has 14 heavy (non-hydrogen) atoms. The standard InChI is InChI=1S/C11H17ClFN/c12-9-7-8(4-5-10(9)13)11-3-1-2-6-14-11/h7,9-11,14H,1-6H2. The van der Waals surface area contributed by atoms with Gasteiger partial charge in [0.05, 0.1) is 5.38 Å². The summed E-state index contributed by atoms with van der Waals surface area (Å²) >= 11 is 5.90. The van der Waals surface area contributed by atoms with Crippen LogP contribution < -0.4 is 5.32 Å².